The molecule has 2 unspecified atom stereocenters. The van der Waals surface area contributed by atoms with E-state index in [0.717, 1.165) is 25.7 Å². The van der Waals surface area contributed by atoms with Crippen molar-refractivity contribution in [3.63, 3.8) is 0 Å². The summed E-state index contributed by atoms with van der Waals surface area (Å²) in [5.74, 6) is 0.881. The molecule has 1 rings (SSSR count). The fourth-order valence-electron chi connectivity index (χ4n) is 1.34. The maximum Gasteiger partial charge on any atom is 0.104 e. The van der Waals surface area contributed by atoms with E-state index in [1.165, 1.54) is 25.7 Å². The first-order valence-electron chi connectivity index (χ1n) is 7.23. The van der Waals surface area contributed by atoms with E-state index in [1.54, 1.807) is 0 Å². The van der Waals surface area contributed by atoms with Crippen LogP contribution >= 0.6 is 0 Å². The number of unbranched alkanes of at least 4 members (excludes halogenated alkanes) is 1. The average molecular weight is 278 g/mol. The van der Waals surface area contributed by atoms with Crippen LogP contribution in [0, 0.1) is 5.92 Å². The van der Waals surface area contributed by atoms with Gasteiger partial charge in [0, 0.05) is 6.61 Å². The molecule has 0 aromatic rings. The van der Waals surface area contributed by atoms with Gasteiger partial charge in [0.15, 0.2) is 0 Å². The minimum atomic E-state index is -0.954. The van der Waals surface area contributed by atoms with Gasteiger partial charge in [-0.25, -0.2) is 0 Å². The third kappa shape index (κ3) is 14.0. The standard InChI is InChI=1S/C11H22O2.C3H8O3/c1-3-10(2)6-4-5-7-12-8-11-9-13-11;4-1-3(6)2-5/h10-11H,3-9H2,1-2H3;3-6H,1-2H2. The van der Waals surface area contributed by atoms with Crippen LogP contribution in [0.15, 0.2) is 0 Å². The molecule has 1 aliphatic rings. The predicted octanol–water partition coefficient (Wildman–Crippen LogP) is 0.950. The Morgan fingerprint density at radius 1 is 1.26 bits per heavy atom. The lowest BCUT2D eigenvalue weighted by Crippen LogP contribution is -2.15. The highest BCUT2D eigenvalue weighted by Crippen LogP contribution is 2.12. The summed E-state index contributed by atoms with van der Waals surface area (Å²) in [6.07, 6.45) is 4.63. The molecule has 116 valence electrons. The van der Waals surface area contributed by atoms with Crippen molar-refractivity contribution in [1.82, 2.24) is 0 Å². The van der Waals surface area contributed by atoms with E-state index in [1.807, 2.05) is 0 Å². The monoisotopic (exact) mass is 278 g/mol. The van der Waals surface area contributed by atoms with Gasteiger partial charge in [-0.2, -0.15) is 0 Å². The molecule has 0 radical (unpaired) electrons. The lowest BCUT2D eigenvalue weighted by atomic mass is 10.0. The first-order chi connectivity index (χ1) is 9.13. The number of hydrogen-bond acceptors (Lipinski definition) is 5. The highest BCUT2D eigenvalue weighted by atomic mass is 16.6. The van der Waals surface area contributed by atoms with Crippen LogP contribution in [0.4, 0.5) is 0 Å². The topological polar surface area (TPSA) is 82.5 Å². The van der Waals surface area contributed by atoms with Crippen LogP contribution in [0.25, 0.3) is 0 Å². The largest absolute Gasteiger partial charge is 0.394 e. The molecule has 1 aliphatic heterocycles. The minimum absolute atomic E-state index is 0.365. The van der Waals surface area contributed by atoms with Gasteiger partial charge in [0.2, 0.25) is 0 Å². The minimum Gasteiger partial charge on any atom is -0.394 e. The second-order valence-electron chi connectivity index (χ2n) is 5.06. The molecular formula is C14H30O5. The molecule has 5 heteroatoms. The van der Waals surface area contributed by atoms with Gasteiger partial charge in [-0.05, 0) is 12.3 Å². The van der Waals surface area contributed by atoms with Crippen LogP contribution < -0.4 is 0 Å². The molecule has 3 N–H and O–H groups in total. The van der Waals surface area contributed by atoms with Crippen molar-refractivity contribution in [3.8, 4) is 0 Å². The van der Waals surface area contributed by atoms with Gasteiger partial charge in [0.1, 0.15) is 12.2 Å². The van der Waals surface area contributed by atoms with E-state index < -0.39 is 6.10 Å². The Balaban J connectivity index is 0.000000459. The molecule has 0 bridgehead atoms. The molecule has 0 aliphatic carbocycles. The molecule has 0 aromatic carbocycles. The third-order valence-electron chi connectivity index (χ3n) is 3.06. The molecule has 5 nitrogen and oxygen atoms in total. The molecule has 0 saturated carbocycles. The first-order valence-corrected chi connectivity index (χ1v) is 7.23. The Bertz CT molecular complexity index is 181. The number of epoxide rings is 1. The van der Waals surface area contributed by atoms with E-state index in [4.69, 9.17) is 24.8 Å². The molecular weight excluding hydrogens is 248 g/mol. The molecule has 1 fully saturated rings. The Hall–Kier alpha value is -0.200. The van der Waals surface area contributed by atoms with Gasteiger partial charge in [0.05, 0.1) is 26.4 Å². The average Bonchev–Trinajstić information content (AvgIpc) is 3.26. The summed E-state index contributed by atoms with van der Waals surface area (Å²) < 4.78 is 10.5. The first kappa shape index (κ1) is 18.8. The maximum absolute atomic E-state index is 8.17. The van der Waals surface area contributed by atoms with Gasteiger partial charge >= 0.3 is 0 Å². The van der Waals surface area contributed by atoms with E-state index in [2.05, 4.69) is 13.8 Å². The van der Waals surface area contributed by atoms with Gasteiger partial charge < -0.3 is 24.8 Å². The maximum atomic E-state index is 8.17. The number of ether oxygens (including phenoxy) is 2. The van der Waals surface area contributed by atoms with Crippen molar-refractivity contribution in [2.24, 2.45) is 5.92 Å². The third-order valence-corrected chi connectivity index (χ3v) is 3.06. The zero-order valence-electron chi connectivity index (χ0n) is 12.3. The Morgan fingerprint density at radius 2 is 1.89 bits per heavy atom. The van der Waals surface area contributed by atoms with Gasteiger partial charge in [-0.3, -0.25) is 0 Å². The summed E-state index contributed by atoms with van der Waals surface area (Å²) in [6.45, 7) is 6.48. The van der Waals surface area contributed by atoms with Crippen LogP contribution in [-0.2, 0) is 9.47 Å². The zero-order valence-corrected chi connectivity index (χ0v) is 12.3. The highest BCUT2D eigenvalue weighted by Gasteiger charge is 2.21. The van der Waals surface area contributed by atoms with Crippen molar-refractivity contribution < 1.29 is 24.8 Å². The van der Waals surface area contributed by atoms with Crippen molar-refractivity contribution in [2.75, 3.05) is 33.0 Å². The second kappa shape index (κ2) is 12.8. The van der Waals surface area contributed by atoms with Crippen molar-refractivity contribution >= 4 is 0 Å². The van der Waals surface area contributed by atoms with E-state index in [0.29, 0.717) is 6.10 Å². The Labute approximate surface area is 116 Å². The second-order valence-corrected chi connectivity index (χ2v) is 5.06. The number of hydrogen-bond donors (Lipinski definition) is 3. The number of rotatable bonds is 10. The van der Waals surface area contributed by atoms with Crippen molar-refractivity contribution in [1.29, 1.82) is 0 Å². The highest BCUT2D eigenvalue weighted by molar-refractivity contribution is 4.67. The van der Waals surface area contributed by atoms with Gasteiger partial charge in [0.25, 0.3) is 0 Å². The summed E-state index contributed by atoms with van der Waals surface area (Å²) in [4.78, 5) is 0. The molecule has 1 saturated heterocycles. The molecule has 19 heavy (non-hydrogen) atoms. The summed E-state index contributed by atoms with van der Waals surface area (Å²) in [5, 5.41) is 24.0. The SMILES string of the molecule is CCC(C)CCCCOCC1CO1.OCC(O)CO. The molecule has 2 atom stereocenters. The summed E-state index contributed by atoms with van der Waals surface area (Å²) >= 11 is 0. The van der Waals surface area contributed by atoms with Gasteiger partial charge in [-0.1, -0.05) is 33.1 Å². The number of aliphatic hydroxyl groups excluding tert-OH is 3. The molecule has 0 amide bonds. The quantitative estimate of drug-likeness (QED) is 0.409. The van der Waals surface area contributed by atoms with Crippen molar-refractivity contribution in [2.45, 2.75) is 51.7 Å². The van der Waals surface area contributed by atoms with Crippen LogP contribution in [-0.4, -0.2) is 60.6 Å². The zero-order chi connectivity index (χ0) is 14.5. The Kier molecular flexibility index (Phi) is 12.7. The van der Waals surface area contributed by atoms with Crippen LogP contribution in [0.5, 0.6) is 0 Å². The van der Waals surface area contributed by atoms with E-state index in [9.17, 15) is 0 Å². The summed E-state index contributed by atoms with van der Waals surface area (Å²) in [6, 6.07) is 0. The van der Waals surface area contributed by atoms with E-state index in [-0.39, 0.29) is 13.2 Å². The van der Waals surface area contributed by atoms with Crippen molar-refractivity contribution in [3.05, 3.63) is 0 Å². The fraction of sp³-hybridized carbons (Fsp3) is 1.00. The lowest BCUT2D eigenvalue weighted by Gasteiger charge is -2.07. The number of aliphatic hydroxyl groups is 3. The fourth-order valence-corrected chi connectivity index (χ4v) is 1.34. The normalized spacial score (nSPS) is 18.9. The summed E-state index contributed by atoms with van der Waals surface area (Å²) in [7, 11) is 0. The van der Waals surface area contributed by atoms with Gasteiger partial charge in [-0.15, -0.1) is 0 Å². The molecule has 1 heterocycles. The lowest BCUT2D eigenvalue weighted by molar-refractivity contribution is 0.0450. The smallest absolute Gasteiger partial charge is 0.104 e. The van der Waals surface area contributed by atoms with Crippen LogP contribution in [0.2, 0.25) is 0 Å². The van der Waals surface area contributed by atoms with Crippen LogP contribution in [0.1, 0.15) is 39.5 Å². The predicted molar refractivity (Wildman–Crippen MR) is 74.0 cm³/mol. The Morgan fingerprint density at radius 3 is 2.32 bits per heavy atom. The van der Waals surface area contributed by atoms with Crippen LogP contribution in [0.3, 0.4) is 0 Å². The molecule has 0 spiro atoms. The molecule has 0 aromatic heterocycles. The van der Waals surface area contributed by atoms with E-state index >= 15 is 0 Å². The summed E-state index contributed by atoms with van der Waals surface area (Å²) in [5.41, 5.74) is 0.